The normalized spacial score (nSPS) is 16.2. The second-order valence-corrected chi connectivity index (χ2v) is 6.67. The molecule has 2 aromatic rings. The summed E-state index contributed by atoms with van der Waals surface area (Å²) in [5, 5.41) is 12.6. The van der Waals surface area contributed by atoms with Gasteiger partial charge in [0.25, 0.3) is 11.8 Å². The number of carbonyl (C=O) groups is 2. The molecule has 26 heavy (non-hydrogen) atoms. The molecule has 9 heteroatoms. The predicted octanol–water partition coefficient (Wildman–Crippen LogP) is 2.40. The molecule has 0 spiro atoms. The quantitative estimate of drug-likeness (QED) is 0.403. The fourth-order valence-electron chi connectivity index (χ4n) is 2.40. The summed E-state index contributed by atoms with van der Waals surface area (Å²) in [6.45, 7) is 0. The van der Waals surface area contributed by atoms with Gasteiger partial charge in [0.15, 0.2) is 16.5 Å². The van der Waals surface area contributed by atoms with E-state index in [1.54, 1.807) is 24.3 Å². The lowest BCUT2D eigenvalue weighted by Gasteiger charge is -2.29. The second kappa shape index (κ2) is 7.05. The van der Waals surface area contributed by atoms with Crippen LogP contribution in [0.2, 0.25) is 10.0 Å². The number of thiocarbonyl (C=S) groups is 1. The van der Waals surface area contributed by atoms with E-state index in [0.717, 1.165) is 4.90 Å². The Hall–Kier alpha value is -2.45. The van der Waals surface area contributed by atoms with Gasteiger partial charge in [0.05, 0.1) is 10.7 Å². The molecule has 1 fully saturated rings. The first-order chi connectivity index (χ1) is 12.3. The molecule has 0 unspecified atom stereocenters. The van der Waals surface area contributed by atoms with Crippen LogP contribution in [-0.2, 0) is 9.59 Å². The van der Waals surface area contributed by atoms with Crippen molar-refractivity contribution in [2.24, 2.45) is 0 Å². The summed E-state index contributed by atoms with van der Waals surface area (Å²) >= 11 is 17.2. The van der Waals surface area contributed by atoms with Crippen LogP contribution in [0.25, 0.3) is 6.08 Å². The molecular weight excluding hydrogens is 397 g/mol. The van der Waals surface area contributed by atoms with Gasteiger partial charge in [-0.1, -0.05) is 29.3 Å². The van der Waals surface area contributed by atoms with Crippen LogP contribution in [0, 0.1) is 0 Å². The topological polar surface area (TPSA) is 97.3 Å². The first-order valence-electron chi connectivity index (χ1n) is 7.29. The number of nitrogens with zero attached hydrogens (tertiary/aromatic N) is 1. The molecular formula is C17H12Cl2N3O3S+. The molecule has 2 amide bonds. The van der Waals surface area contributed by atoms with Gasteiger partial charge in [-0.05, 0) is 48.1 Å². The van der Waals surface area contributed by atoms with Crippen molar-refractivity contribution in [1.29, 1.82) is 0 Å². The molecule has 0 atom stereocenters. The van der Waals surface area contributed by atoms with E-state index in [-0.39, 0.29) is 21.5 Å². The SMILES string of the molecule is [NH3+]c1cc(/C=C2\C(=O)NC(=S)N(c3ccc(Cl)cc3Cl)C2=O)ccc1O. The van der Waals surface area contributed by atoms with E-state index in [1.807, 2.05) is 0 Å². The summed E-state index contributed by atoms with van der Waals surface area (Å²) < 4.78 is 0. The van der Waals surface area contributed by atoms with E-state index in [9.17, 15) is 14.7 Å². The molecule has 0 saturated carbocycles. The summed E-state index contributed by atoms with van der Waals surface area (Å²) in [5.41, 5.74) is 4.76. The number of anilines is 1. The van der Waals surface area contributed by atoms with Gasteiger partial charge in [-0.2, -0.15) is 0 Å². The van der Waals surface area contributed by atoms with Crippen LogP contribution in [0.4, 0.5) is 11.4 Å². The van der Waals surface area contributed by atoms with E-state index < -0.39 is 11.8 Å². The molecule has 0 aromatic heterocycles. The minimum atomic E-state index is -0.625. The Morgan fingerprint density at radius 2 is 1.88 bits per heavy atom. The maximum Gasteiger partial charge on any atom is 0.270 e. The molecule has 132 valence electrons. The van der Waals surface area contributed by atoms with Crippen molar-refractivity contribution < 1.29 is 20.4 Å². The maximum atomic E-state index is 12.9. The fraction of sp³-hybridized carbons (Fsp3) is 0. The summed E-state index contributed by atoms with van der Waals surface area (Å²) in [7, 11) is 0. The highest BCUT2D eigenvalue weighted by Gasteiger charge is 2.35. The highest BCUT2D eigenvalue weighted by Crippen LogP contribution is 2.31. The average molecular weight is 409 g/mol. The molecule has 3 rings (SSSR count). The zero-order chi connectivity index (χ0) is 19.0. The highest BCUT2D eigenvalue weighted by molar-refractivity contribution is 7.80. The van der Waals surface area contributed by atoms with Crippen LogP contribution in [0.5, 0.6) is 5.75 Å². The van der Waals surface area contributed by atoms with Gasteiger partial charge in [-0.3, -0.25) is 19.8 Å². The lowest BCUT2D eigenvalue weighted by molar-refractivity contribution is -0.256. The molecule has 1 aliphatic heterocycles. The predicted molar refractivity (Wildman–Crippen MR) is 103 cm³/mol. The molecule has 1 heterocycles. The van der Waals surface area contributed by atoms with Crippen LogP contribution in [0.3, 0.4) is 0 Å². The Balaban J connectivity index is 2.05. The Kier molecular flexibility index (Phi) is 4.97. The van der Waals surface area contributed by atoms with Gasteiger partial charge in [0.2, 0.25) is 0 Å². The van der Waals surface area contributed by atoms with Crippen molar-refractivity contribution >= 4 is 69.8 Å². The fourth-order valence-corrected chi connectivity index (χ4v) is 3.17. The summed E-state index contributed by atoms with van der Waals surface area (Å²) in [4.78, 5) is 26.3. The maximum absolute atomic E-state index is 12.9. The number of benzene rings is 2. The van der Waals surface area contributed by atoms with Crippen molar-refractivity contribution in [2.45, 2.75) is 0 Å². The van der Waals surface area contributed by atoms with Gasteiger partial charge < -0.3 is 10.8 Å². The van der Waals surface area contributed by atoms with Crippen LogP contribution < -0.4 is 16.0 Å². The number of phenolic OH excluding ortho intramolecular Hbond substituents is 1. The van der Waals surface area contributed by atoms with Crippen molar-refractivity contribution in [3.05, 3.63) is 57.6 Å². The molecule has 0 aliphatic carbocycles. The van der Waals surface area contributed by atoms with Gasteiger partial charge in [-0.25, -0.2) is 0 Å². The minimum absolute atomic E-state index is 0.0160. The van der Waals surface area contributed by atoms with Gasteiger partial charge in [-0.15, -0.1) is 0 Å². The standard InChI is InChI=1S/C17H11Cl2N3O3S/c18-9-2-3-13(11(19)7-9)22-16(25)10(15(24)21-17(22)26)5-8-1-4-14(23)12(20)6-8/h1-7,23H,20H2,(H,21,24,26)/p+1/b10-5+. The summed E-state index contributed by atoms with van der Waals surface area (Å²) in [6, 6.07) is 9.12. The molecule has 2 aromatic carbocycles. The number of aromatic hydroxyl groups is 1. The largest absolute Gasteiger partial charge is 0.503 e. The smallest absolute Gasteiger partial charge is 0.270 e. The number of halogens is 2. The number of amides is 2. The number of hydrogen-bond acceptors (Lipinski definition) is 4. The third-order valence-corrected chi connectivity index (χ3v) is 4.49. The number of rotatable bonds is 2. The zero-order valence-electron chi connectivity index (χ0n) is 13.1. The first-order valence-corrected chi connectivity index (χ1v) is 8.46. The number of hydrogen-bond donors (Lipinski definition) is 3. The van der Waals surface area contributed by atoms with Crippen LogP contribution in [0.1, 0.15) is 5.56 Å². The molecule has 6 nitrogen and oxygen atoms in total. The number of quaternary nitrogens is 1. The Morgan fingerprint density at radius 1 is 1.15 bits per heavy atom. The Labute approximate surface area is 163 Å². The number of carbonyl (C=O) groups excluding carboxylic acids is 2. The van der Waals surface area contributed by atoms with Crippen LogP contribution >= 0.6 is 35.4 Å². The molecule has 1 saturated heterocycles. The van der Waals surface area contributed by atoms with E-state index in [1.165, 1.54) is 18.2 Å². The molecule has 0 radical (unpaired) electrons. The second-order valence-electron chi connectivity index (χ2n) is 5.44. The van der Waals surface area contributed by atoms with Gasteiger partial charge >= 0.3 is 0 Å². The third-order valence-electron chi connectivity index (χ3n) is 3.67. The summed E-state index contributed by atoms with van der Waals surface area (Å²) in [6.07, 6.45) is 1.39. The monoisotopic (exact) mass is 408 g/mol. The Bertz CT molecular complexity index is 991. The number of phenols is 1. The van der Waals surface area contributed by atoms with E-state index in [0.29, 0.717) is 22.0 Å². The van der Waals surface area contributed by atoms with Crippen LogP contribution in [0.15, 0.2) is 42.0 Å². The zero-order valence-corrected chi connectivity index (χ0v) is 15.5. The van der Waals surface area contributed by atoms with Crippen molar-refractivity contribution in [2.75, 3.05) is 4.90 Å². The van der Waals surface area contributed by atoms with E-state index in [2.05, 4.69) is 11.1 Å². The summed E-state index contributed by atoms with van der Waals surface area (Å²) in [5.74, 6) is -1.23. The minimum Gasteiger partial charge on any atom is -0.503 e. The lowest BCUT2D eigenvalue weighted by atomic mass is 10.1. The third kappa shape index (κ3) is 3.42. The van der Waals surface area contributed by atoms with Crippen LogP contribution in [-0.4, -0.2) is 22.0 Å². The van der Waals surface area contributed by atoms with E-state index >= 15 is 0 Å². The average Bonchev–Trinajstić information content (AvgIpc) is 2.56. The van der Waals surface area contributed by atoms with Crippen molar-refractivity contribution in [1.82, 2.24) is 5.32 Å². The number of nitrogens with one attached hydrogen (secondary N) is 1. The molecule has 5 N–H and O–H groups in total. The lowest BCUT2D eigenvalue weighted by Crippen LogP contribution is -2.54. The Morgan fingerprint density at radius 3 is 2.54 bits per heavy atom. The van der Waals surface area contributed by atoms with Gasteiger partial charge in [0.1, 0.15) is 5.57 Å². The van der Waals surface area contributed by atoms with E-state index in [4.69, 9.17) is 35.4 Å². The molecule has 0 bridgehead atoms. The van der Waals surface area contributed by atoms with Crippen molar-refractivity contribution in [3.63, 3.8) is 0 Å². The van der Waals surface area contributed by atoms with Crippen molar-refractivity contribution in [3.8, 4) is 5.75 Å². The molecule has 1 aliphatic rings. The first kappa shape index (κ1) is 18.3. The highest BCUT2D eigenvalue weighted by atomic mass is 35.5. The van der Waals surface area contributed by atoms with Gasteiger partial charge in [0, 0.05) is 11.1 Å².